The molecule has 1 aromatic carbocycles. The van der Waals surface area contributed by atoms with Crippen molar-refractivity contribution < 1.29 is 9.50 Å². The summed E-state index contributed by atoms with van der Waals surface area (Å²) in [7, 11) is 0. The number of halogens is 1. The van der Waals surface area contributed by atoms with E-state index in [1.165, 1.54) is 19.9 Å². The molecular weight excluding hydrogens is 219 g/mol. The van der Waals surface area contributed by atoms with Crippen LogP contribution < -0.4 is 10.2 Å². The summed E-state index contributed by atoms with van der Waals surface area (Å²) in [5.41, 5.74) is -0.118. The number of alkyl halides is 1. The van der Waals surface area contributed by atoms with Crippen LogP contribution in [0, 0.1) is 0 Å². The summed E-state index contributed by atoms with van der Waals surface area (Å²) in [4.78, 5) is 2.11. The molecule has 17 heavy (non-hydrogen) atoms. The molecule has 0 unspecified atom stereocenters. The van der Waals surface area contributed by atoms with Gasteiger partial charge in [-0.05, 0) is 31.5 Å². The van der Waals surface area contributed by atoms with Crippen LogP contribution in [-0.4, -0.2) is 31.3 Å². The number of nitrogens with zero attached hydrogens (tertiary/aromatic N) is 1. The molecule has 1 heterocycles. The molecule has 94 valence electrons. The van der Waals surface area contributed by atoms with Crippen molar-refractivity contribution >= 4 is 5.69 Å². The van der Waals surface area contributed by atoms with Crippen molar-refractivity contribution in [3.05, 3.63) is 23.8 Å². The third kappa shape index (κ3) is 2.69. The van der Waals surface area contributed by atoms with Crippen LogP contribution in [0.2, 0.25) is 0 Å². The fourth-order valence-electron chi connectivity index (χ4n) is 2.07. The third-order valence-corrected chi connectivity index (χ3v) is 3.12. The molecule has 0 spiro atoms. The van der Waals surface area contributed by atoms with Crippen molar-refractivity contribution in [2.24, 2.45) is 0 Å². The highest BCUT2D eigenvalue weighted by atomic mass is 19.1. The predicted molar refractivity (Wildman–Crippen MR) is 67.3 cm³/mol. The van der Waals surface area contributed by atoms with Crippen LogP contribution in [0.3, 0.4) is 0 Å². The van der Waals surface area contributed by atoms with E-state index in [9.17, 15) is 9.50 Å². The quantitative estimate of drug-likeness (QED) is 0.827. The highest BCUT2D eigenvalue weighted by Gasteiger charge is 2.21. The SMILES string of the molecule is CC(C)(F)c1ccc(N2CCNCC2)c(O)c1. The maximum absolute atomic E-state index is 13.7. The predicted octanol–water partition coefficient (Wildman–Crippen LogP) is 2.01. The molecule has 0 saturated carbocycles. The summed E-state index contributed by atoms with van der Waals surface area (Å²) in [5, 5.41) is 13.2. The van der Waals surface area contributed by atoms with Crippen molar-refractivity contribution in [2.45, 2.75) is 19.5 Å². The number of phenols is 1. The van der Waals surface area contributed by atoms with Gasteiger partial charge in [0.25, 0.3) is 0 Å². The molecule has 1 fully saturated rings. The lowest BCUT2D eigenvalue weighted by atomic mass is 9.99. The Kier molecular flexibility index (Phi) is 3.24. The van der Waals surface area contributed by atoms with Crippen LogP contribution in [0.4, 0.5) is 10.1 Å². The number of piperazine rings is 1. The van der Waals surface area contributed by atoms with Crippen LogP contribution in [-0.2, 0) is 5.67 Å². The standard InChI is InChI=1S/C13H19FN2O/c1-13(2,14)10-3-4-11(12(17)9-10)16-7-5-15-6-8-16/h3-4,9,15,17H,5-8H2,1-2H3. The Balaban J connectivity index is 2.25. The zero-order valence-corrected chi connectivity index (χ0v) is 10.3. The number of nitrogens with one attached hydrogen (secondary N) is 1. The summed E-state index contributed by atoms with van der Waals surface area (Å²) in [6.07, 6.45) is 0. The van der Waals surface area contributed by atoms with E-state index >= 15 is 0 Å². The summed E-state index contributed by atoms with van der Waals surface area (Å²) in [6.45, 7) is 6.54. The summed E-state index contributed by atoms with van der Waals surface area (Å²) in [5.74, 6) is 0.162. The second-order valence-corrected chi connectivity index (χ2v) is 4.91. The third-order valence-electron chi connectivity index (χ3n) is 3.12. The molecule has 0 amide bonds. The van der Waals surface area contributed by atoms with Gasteiger partial charge in [-0.15, -0.1) is 0 Å². The summed E-state index contributed by atoms with van der Waals surface area (Å²) in [6, 6.07) is 5.08. The number of hydrogen-bond acceptors (Lipinski definition) is 3. The van der Waals surface area contributed by atoms with Crippen LogP contribution >= 0.6 is 0 Å². The van der Waals surface area contributed by atoms with Crippen LogP contribution in [0.5, 0.6) is 5.75 Å². The monoisotopic (exact) mass is 238 g/mol. The Morgan fingerprint density at radius 2 is 1.94 bits per heavy atom. The minimum absolute atomic E-state index is 0.162. The fourth-order valence-corrected chi connectivity index (χ4v) is 2.07. The van der Waals surface area contributed by atoms with Crippen molar-refractivity contribution in [3.8, 4) is 5.75 Å². The molecular formula is C13H19FN2O. The van der Waals surface area contributed by atoms with E-state index in [1.54, 1.807) is 12.1 Å². The molecule has 0 radical (unpaired) electrons. The fraction of sp³-hybridized carbons (Fsp3) is 0.538. The molecule has 2 N–H and O–H groups in total. The van der Waals surface area contributed by atoms with Gasteiger partial charge in [-0.25, -0.2) is 4.39 Å². The van der Waals surface area contributed by atoms with Gasteiger partial charge in [-0.3, -0.25) is 0 Å². The zero-order valence-electron chi connectivity index (χ0n) is 10.3. The van der Waals surface area contributed by atoms with Crippen molar-refractivity contribution in [3.63, 3.8) is 0 Å². The van der Waals surface area contributed by atoms with Crippen molar-refractivity contribution in [2.75, 3.05) is 31.1 Å². The smallest absolute Gasteiger partial charge is 0.139 e. The van der Waals surface area contributed by atoms with Crippen LogP contribution in [0.25, 0.3) is 0 Å². The minimum atomic E-state index is -1.42. The molecule has 0 atom stereocenters. The topological polar surface area (TPSA) is 35.5 Å². The van der Waals surface area contributed by atoms with Crippen LogP contribution in [0.1, 0.15) is 19.4 Å². The maximum Gasteiger partial charge on any atom is 0.139 e. The highest BCUT2D eigenvalue weighted by molar-refractivity contribution is 5.59. The second kappa shape index (κ2) is 4.53. The number of aromatic hydroxyl groups is 1. The molecule has 1 aliphatic rings. The summed E-state index contributed by atoms with van der Waals surface area (Å²) >= 11 is 0. The molecule has 0 aromatic heterocycles. The number of phenolic OH excluding ortho intramolecular Hbond substituents is 1. The lowest BCUT2D eigenvalue weighted by molar-refractivity contribution is 0.221. The largest absolute Gasteiger partial charge is 0.506 e. The van der Waals surface area contributed by atoms with E-state index in [4.69, 9.17) is 0 Å². The lowest BCUT2D eigenvalue weighted by Gasteiger charge is -2.30. The Morgan fingerprint density at radius 1 is 1.29 bits per heavy atom. The Hall–Kier alpha value is -1.29. The summed E-state index contributed by atoms with van der Waals surface area (Å²) < 4.78 is 13.7. The molecule has 4 heteroatoms. The molecule has 0 bridgehead atoms. The van der Waals surface area contributed by atoms with Crippen molar-refractivity contribution in [1.82, 2.24) is 5.32 Å². The van der Waals surface area contributed by atoms with Gasteiger partial charge in [0.1, 0.15) is 11.4 Å². The Labute approximate surface area is 101 Å². The number of hydrogen-bond donors (Lipinski definition) is 2. The average molecular weight is 238 g/mol. The molecule has 2 rings (SSSR count). The van der Waals surface area contributed by atoms with Gasteiger partial charge in [0, 0.05) is 26.2 Å². The second-order valence-electron chi connectivity index (χ2n) is 4.91. The zero-order chi connectivity index (χ0) is 12.5. The van der Waals surface area contributed by atoms with Gasteiger partial charge in [0.2, 0.25) is 0 Å². The minimum Gasteiger partial charge on any atom is -0.506 e. The molecule has 1 saturated heterocycles. The van der Waals surface area contributed by atoms with Gasteiger partial charge in [0.15, 0.2) is 0 Å². The first-order chi connectivity index (χ1) is 7.98. The highest BCUT2D eigenvalue weighted by Crippen LogP contribution is 2.33. The van der Waals surface area contributed by atoms with E-state index in [0.717, 1.165) is 31.9 Å². The molecule has 1 aromatic rings. The van der Waals surface area contributed by atoms with Crippen molar-refractivity contribution in [1.29, 1.82) is 0 Å². The van der Waals surface area contributed by atoms with Gasteiger partial charge in [0.05, 0.1) is 5.69 Å². The van der Waals surface area contributed by atoms with Gasteiger partial charge in [-0.2, -0.15) is 0 Å². The molecule has 1 aliphatic heterocycles. The van der Waals surface area contributed by atoms with E-state index < -0.39 is 5.67 Å². The first-order valence-corrected chi connectivity index (χ1v) is 5.96. The normalized spacial score (nSPS) is 17.2. The van der Waals surface area contributed by atoms with Gasteiger partial charge >= 0.3 is 0 Å². The van der Waals surface area contributed by atoms with Crippen LogP contribution in [0.15, 0.2) is 18.2 Å². The van der Waals surface area contributed by atoms with E-state index in [2.05, 4.69) is 10.2 Å². The van der Waals surface area contributed by atoms with E-state index in [-0.39, 0.29) is 5.75 Å². The first kappa shape index (κ1) is 12.2. The van der Waals surface area contributed by atoms with Gasteiger partial charge in [-0.1, -0.05) is 6.07 Å². The number of anilines is 1. The number of benzene rings is 1. The Morgan fingerprint density at radius 3 is 2.47 bits per heavy atom. The molecule has 3 nitrogen and oxygen atoms in total. The van der Waals surface area contributed by atoms with E-state index in [1.807, 2.05) is 0 Å². The average Bonchev–Trinajstić information content (AvgIpc) is 2.29. The Bertz CT molecular complexity index is 395. The molecule has 0 aliphatic carbocycles. The van der Waals surface area contributed by atoms with E-state index in [0.29, 0.717) is 5.56 Å². The number of rotatable bonds is 2. The maximum atomic E-state index is 13.7. The lowest BCUT2D eigenvalue weighted by Crippen LogP contribution is -2.43. The van der Waals surface area contributed by atoms with Gasteiger partial charge < -0.3 is 15.3 Å². The first-order valence-electron chi connectivity index (χ1n) is 5.96.